The predicted molar refractivity (Wildman–Crippen MR) is 202 cm³/mol. The third-order valence-corrected chi connectivity index (χ3v) is 10.8. The van der Waals surface area contributed by atoms with Crippen LogP contribution in [0.3, 0.4) is 0 Å². The maximum atomic E-state index is 11.9. The fourth-order valence-corrected chi connectivity index (χ4v) is 7.17. The Balaban J connectivity index is 1.42. The van der Waals surface area contributed by atoms with E-state index < -0.39 is 35.8 Å². The number of hydrogen-bond acceptors (Lipinski definition) is 20. The Morgan fingerprint density at radius 3 is 1.54 bits per heavy atom. The zero-order chi connectivity index (χ0) is 40.9. The third kappa shape index (κ3) is 9.88. The molecule has 294 valence electrons. The quantitative estimate of drug-likeness (QED) is 0.0151. The highest BCUT2D eigenvalue weighted by Crippen LogP contribution is 2.46. The van der Waals surface area contributed by atoms with Crippen molar-refractivity contribution in [3.8, 4) is 5.75 Å². The second kappa shape index (κ2) is 17.5. The second-order valence-corrected chi connectivity index (χ2v) is 16.0. The minimum Gasteiger partial charge on any atom is -0.505 e. The van der Waals surface area contributed by atoms with Gasteiger partial charge in [-0.2, -0.15) is 37.3 Å². The van der Waals surface area contributed by atoms with E-state index in [1.165, 1.54) is 18.2 Å². The molecule has 0 saturated carbocycles. The van der Waals surface area contributed by atoms with Crippen LogP contribution < -0.4 is 5.73 Å². The molecular weight excluding hydrogens is 819 g/mol. The lowest BCUT2D eigenvalue weighted by Gasteiger charge is -2.11. The topological polar surface area (TPSA) is 307 Å². The Morgan fingerprint density at radius 1 is 0.589 bits per heavy atom. The van der Waals surface area contributed by atoms with Crippen molar-refractivity contribution in [1.29, 1.82) is 0 Å². The predicted octanol–water partition coefficient (Wildman–Crippen LogP) is 9.96. The lowest BCUT2D eigenvalue weighted by molar-refractivity contribution is -0.432. The van der Waals surface area contributed by atoms with Crippen molar-refractivity contribution in [3.63, 3.8) is 0 Å². The molecule has 0 spiro atoms. The number of nitrogens with zero attached hydrogens (tertiary/aromatic N) is 6. The van der Waals surface area contributed by atoms with E-state index in [2.05, 4.69) is 49.4 Å². The molecule has 0 aliphatic heterocycles. The first-order chi connectivity index (χ1) is 26.4. The highest BCUT2D eigenvalue weighted by Gasteiger charge is 2.21. The smallest absolute Gasteiger partial charge is 0.296 e. The van der Waals surface area contributed by atoms with Gasteiger partial charge in [-0.25, -0.2) is 10.5 Å². The van der Waals surface area contributed by atoms with Gasteiger partial charge in [-0.1, -0.05) is 10.1 Å². The molecule has 5 rings (SSSR count). The number of hydrogen-bond donors (Lipinski definition) is 6. The molecule has 0 aliphatic carbocycles. The lowest BCUT2D eigenvalue weighted by atomic mass is 10.1. The van der Waals surface area contributed by atoms with Crippen LogP contribution in [-0.2, 0) is 39.0 Å². The van der Waals surface area contributed by atoms with Gasteiger partial charge in [0.1, 0.15) is 21.2 Å². The van der Waals surface area contributed by atoms with Crippen molar-refractivity contribution in [2.24, 2.45) is 30.7 Å². The van der Waals surface area contributed by atoms with Gasteiger partial charge < -0.3 is 10.8 Å². The summed E-state index contributed by atoms with van der Waals surface area (Å²) in [5.74, 6) is -0.460. The second-order valence-electron chi connectivity index (χ2n) is 11.7. The summed E-state index contributed by atoms with van der Waals surface area (Å²) in [5.41, 5.74) is 9.44. The lowest BCUT2D eigenvalue weighted by Crippen LogP contribution is -2.03. The number of rotatable bonds is 14. The first kappa shape index (κ1) is 42.2. The van der Waals surface area contributed by atoms with Gasteiger partial charge in [-0.15, -0.1) is 18.9 Å². The summed E-state index contributed by atoms with van der Waals surface area (Å²) >= 11 is 1.00. The summed E-state index contributed by atoms with van der Waals surface area (Å²) in [6.07, 6.45) is 0. The minimum atomic E-state index is -4.69. The number of phenols is 1. The van der Waals surface area contributed by atoms with Crippen molar-refractivity contribution in [3.05, 3.63) is 82.9 Å². The highest BCUT2D eigenvalue weighted by molar-refractivity contribution is 7.95. The standard InChI is InChI=1S/C32H29N7O13S4/c1-15-8-25(36-38-27-13-20(53-51-49-41)5-6-29(27)55(43,44)45)16(2)7-23(15)34-35-24-9-18(4)26(10-17(24)3)37-39-31-28(54-52-50-42)11-19-12-30(56(46,47)48)22(33)14-21(19)32(31)40/h5-14,40-42H,33H2,1-4H3,(H,43,44,45)(H,46,47,48). The molecule has 0 aromatic heterocycles. The van der Waals surface area contributed by atoms with Crippen LogP contribution in [0.1, 0.15) is 22.3 Å². The Bertz CT molecular complexity index is 2660. The molecule has 0 amide bonds. The van der Waals surface area contributed by atoms with Crippen molar-refractivity contribution in [2.45, 2.75) is 47.3 Å². The molecule has 56 heavy (non-hydrogen) atoms. The fraction of sp³-hybridized carbons (Fsp3) is 0.125. The van der Waals surface area contributed by atoms with Gasteiger partial charge in [0.25, 0.3) is 20.2 Å². The molecule has 0 heterocycles. The van der Waals surface area contributed by atoms with Crippen LogP contribution >= 0.6 is 24.1 Å². The minimum absolute atomic E-state index is 0.0489. The number of fused-ring (bicyclic) bond motifs is 1. The van der Waals surface area contributed by atoms with Gasteiger partial charge in [0.05, 0.1) is 57.4 Å². The summed E-state index contributed by atoms with van der Waals surface area (Å²) in [6, 6.07) is 14.0. The van der Waals surface area contributed by atoms with Crippen molar-refractivity contribution in [2.75, 3.05) is 5.73 Å². The zero-order valence-electron chi connectivity index (χ0n) is 29.2. The van der Waals surface area contributed by atoms with E-state index in [9.17, 15) is 31.0 Å². The largest absolute Gasteiger partial charge is 0.505 e. The number of nitrogens with two attached hydrogens (primary N) is 1. The maximum absolute atomic E-state index is 11.9. The van der Waals surface area contributed by atoms with E-state index in [0.29, 0.717) is 69.1 Å². The Hall–Kier alpha value is -4.96. The average Bonchev–Trinajstić information content (AvgIpc) is 3.13. The van der Waals surface area contributed by atoms with E-state index >= 15 is 0 Å². The maximum Gasteiger partial charge on any atom is 0.296 e. The number of aryl methyl sites for hydroxylation is 4. The van der Waals surface area contributed by atoms with Crippen molar-refractivity contribution < 1.29 is 60.3 Å². The monoisotopic (exact) mass is 847 g/mol. The molecule has 0 saturated heterocycles. The van der Waals surface area contributed by atoms with Gasteiger partial charge in [-0.3, -0.25) is 9.11 Å². The molecule has 0 radical (unpaired) electrons. The molecule has 0 fully saturated rings. The van der Waals surface area contributed by atoms with Crippen LogP contribution in [0.5, 0.6) is 5.75 Å². The summed E-state index contributed by atoms with van der Waals surface area (Å²) in [6.45, 7) is 7.00. The third-order valence-electron chi connectivity index (χ3n) is 7.80. The number of phenolic OH excluding ortho intramolecular Hbond substituents is 1. The molecule has 20 nitrogen and oxygen atoms in total. The van der Waals surface area contributed by atoms with Crippen molar-refractivity contribution >= 4 is 94.9 Å². The molecule has 7 N–H and O–H groups in total. The normalized spacial score (nSPS) is 12.6. The number of anilines is 1. The van der Waals surface area contributed by atoms with Crippen LogP contribution in [0.15, 0.2) is 111 Å². The van der Waals surface area contributed by atoms with Crippen LogP contribution in [0.4, 0.5) is 39.8 Å². The summed E-state index contributed by atoms with van der Waals surface area (Å²) in [7, 11) is -9.34. The average molecular weight is 848 g/mol. The first-order valence-corrected chi connectivity index (χ1v) is 19.7. The number of benzene rings is 5. The van der Waals surface area contributed by atoms with Gasteiger partial charge >= 0.3 is 0 Å². The number of aromatic hydroxyl groups is 1. The highest BCUT2D eigenvalue weighted by atomic mass is 32.2. The molecule has 5 aromatic rings. The van der Waals surface area contributed by atoms with E-state index in [1.807, 2.05) is 0 Å². The summed E-state index contributed by atoms with van der Waals surface area (Å²) in [5, 5.41) is 61.2. The Kier molecular flexibility index (Phi) is 13.1. The molecule has 0 unspecified atom stereocenters. The SMILES string of the molecule is Cc1cc(N=Nc2cc(SOOO)ccc2S(=O)(=O)O)c(C)cc1N=Nc1cc(C)c(N=Nc2c(SOOO)cc3cc(S(=O)(=O)O)c(N)cc3c2O)cc1C. The van der Waals surface area contributed by atoms with E-state index in [1.54, 1.807) is 52.0 Å². The Morgan fingerprint density at radius 2 is 1.05 bits per heavy atom. The molecule has 0 bridgehead atoms. The zero-order valence-corrected chi connectivity index (χ0v) is 32.4. The molecule has 5 aromatic carbocycles. The van der Waals surface area contributed by atoms with Gasteiger partial charge in [0.15, 0.2) is 5.75 Å². The van der Waals surface area contributed by atoms with Gasteiger partial charge in [0.2, 0.25) is 0 Å². The molecule has 0 atom stereocenters. The summed E-state index contributed by atoms with van der Waals surface area (Å²) in [4.78, 5) is -0.749. The Labute approximate surface area is 326 Å². The van der Waals surface area contributed by atoms with E-state index in [4.69, 9.17) is 16.2 Å². The molecular formula is C32H29N7O13S4. The van der Waals surface area contributed by atoms with Crippen molar-refractivity contribution in [1.82, 2.24) is 0 Å². The number of nitrogen functional groups attached to an aromatic ring is 1. The van der Waals surface area contributed by atoms with Gasteiger partial charge in [0, 0.05) is 10.3 Å². The van der Waals surface area contributed by atoms with Crippen LogP contribution in [0.2, 0.25) is 0 Å². The van der Waals surface area contributed by atoms with E-state index in [0.717, 1.165) is 18.2 Å². The van der Waals surface area contributed by atoms with Crippen LogP contribution in [-0.4, -0.2) is 41.6 Å². The molecule has 24 heteroatoms. The molecule has 0 aliphatic rings. The van der Waals surface area contributed by atoms with Crippen LogP contribution in [0.25, 0.3) is 10.8 Å². The summed E-state index contributed by atoms with van der Waals surface area (Å²) < 4.78 is 75.4. The first-order valence-electron chi connectivity index (χ1n) is 15.4. The number of azo groups is 3. The van der Waals surface area contributed by atoms with E-state index in [-0.39, 0.29) is 37.6 Å². The fourth-order valence-electron chi connectivity index (χ4n) is 5.05. The van der Waals surface area contributed by atoms with Gasteiger partial charge in [-0.05, 0) is 116 Å². The van der Waals surface area contributed by atoms with Crippen LogP contribution in [0, 0.1) is 27.7 Å².